The predicted molar refractivity (Wildman–Crippen MR) is 81.8 cm³/mol. The second-order valence-electron chi connectivity index (χ2n) is 4.15. The normalized spacial score (nSPS) is 10.8. The highest BCUT2D eigenvalue weighted by molar-refractivity contribution is 7.71. The minimum absolute atomic E-state index is 0.578. The summed E-state index contributed by atoms with van der Waals surface area (Å²) in [6, 6.07) is 4.03. The molecule has 0 aromatic carbocycles. The Hall–Kier alpha value is -1.50. The second-order valence-corrected chi connectivity index (χ2v) is 5.47. The Balaban J connectivity index is 2.18. The van der Waals surface area contributed by atoms with Gasteiger partial charge in [-0.15, -0.1) is 11.3 Å². The van der Waals surface area contributed by atoms with Crippen molar-refractivity contribution in [2.45, 2.75) is 6.67 Å². The number of thiophene rings is 1. The number of aromatic amines is 1. The van der Waals surface area contributed by atoms with Gasteiger partial charge in [-0.3, -0.25) is 5.10 Å². The SMILES string of the molecule is C=CC[NH+](CC=C)Cn1[nH]c(-c2cccs2)nc1=S. The van der Waals surface area contributed by atoms with Gasteiger partial charge in [-0.1, -0.05) is 19.2 Å². The number of H-pyrrole nitrogens is 1. The maximum atomic E-state index is 5.29. The largest absolute Gasteiger partial charge is 0.310 e. The molecule has 0 saturated carbocycles. The van der Waals surface area contributed by atoms with Crippen LogP contribution in [0.4, 0.5) is 0 Å². The molecule has 2 N–H and O–H groups in total. The summed E-state index contributed by atoms with van der Waals surface area (Å²) < 4.78 is 2.47. The quantitative estimate of drug-likeness (QED) is 0.604. The molecule has 2 heterocycles. The zero-order chi connectivity index (χ0) is 13.7. The summed E-state index contributed by atoms with van der Waals surface area (Å²) in [7, 11) is 0. The number of hydrogen-bond donors (Lipinski definition) is 2. The van der Waals surface area contributed by atoms with E-state index in [2.05, 4.69) is 23.2 Å². The molecule has 0 spiro atoms. The van der Waals surface area contributed by atoms with Crippen molar-refractivity contribution in [3.05, 3.63) is 47.6 Å². The van der Waals surface area contributed by atoms with E-state index in [1.165, 1.54) is 4.90 Å². The van der Waals surface area contributed by atoms with Crippen LogP contribution in [0.2, 0.25) is 0 Å². The van der Waals surface area contributed by atoms with Gasteiger partial charge >= 0.3 is 0 Å². The van der Waals surface area contributed by atoms with Gasteiger partial charge in [0, 0.05) is 0 Å². The molecule has 0 saturated heterocycles. The maximum Gasteiger partial charge on any atom is 0.221 e. The molecule has 0 bridgehead atoms. The summed E-state index contributed by atoms with van der Waals surface area (Å²) in [5.74, 6) is 0.830. The Morgan fingerprint density at radius 2 is 2.16 bits per heavy atom. The van der Waals surface area contributed by atoms with E-state index in [9.17, 15) is 0 Å². The summed E-state index contributed by atoms with van der Waals surface area (Å²) in [6.45, 7) is 10.0. The van der Waals surface area contributed by atoms with E-state index in [4.69, 9.17) is 12.2 Å². The van der Waals surface area contributed by atoms with Crippen LogP contribution in [0, 0.1) is 4.77 Å². The molecule has 19 heavy (non-hydrogen) atoms. The van der Waals surface area contributed by atoms with Crippen LogP contribution in [-0.2, 0) is 6.67 Å². The Morgan fingerprint density at radius 1 is 1.42 bits per heavy atom. The molecule has 0 aliphatic carbocycles. The molecular weight excluding hydrogens is 276 g/mol. The first kappa shape index (κ1) is 13.9. The van der Waals surface area contributed by atoms with E-state index in [1.807, 2.05) is 34.3 Å². The molecule has 0 radical (unpaired) electrons. The van der Waals surface area contributed by atoms with Gasteiger partial charge in [0.1, 0.15) is 0 Å². The molecule has 4 nitrogen and oxygen atoms in total. The van der Waals surface area contributed by atoms with Crippen LogP contribution in [-0.4, -0.2) is 27.9 Å². The minimum Gasteiger partial charge on any atom is -0.310 e. The Morgan fingerprint density at radius 3 is 2.74 bits per heavy atom. The highest BCUT2D eigenvalue weighted by atomic mass is 32.1. The van der Waals surface area contributed by atoms with Crippen molar-refractivity contribution < 1.29 is 4.90 Å². The molecule has 0 fully saturated rings. The number of aromatic nitrogens is 3. The van der Waals surface area contributed by atoms with Crippen LogP contribution in [0.1, 0.15) is 0 Å². The zero-order valence-electron chi connectivity index (χ0n) is 10.6. The fourth-order valence-electron chi connectivity index (χ4n) is 1.83. The van der Waals surface area contributed by atoms with E-state index in [0.717, 1.165) is 30.5 Å². The summed E-state index contributed by atoms with van der Waals surface area (Å²) >= 11 is 6.94. The third kappa shape index (κ3) is 3.50. The van der Waals surface area contributed by atoms with Gasteiger partial charge in [0.05, 0.1) is 18.0 Å². The third-order valence-electron chi connectivity index (χ3n) is 2.68. The zero-order valence-corrected chi connectivity index (χ0v) is 12.3. The Kier molecular flexibility index (Phi) is 4.84. The molecule has 0 atom stereocenters. The molecule has 0 aliphatic heterocycles. The number of nitrogens with one attached hydrogen (secondary N) is 2. The first-order chi connectivity index (χ1) is 9.24. The first-order valence-electron chi connectivity index (χ1n) is 6.00. The van der Waals surface area contributed by atoms with Gasteiger partial charge in [0.2, 0.25) is 4.77 Å². The first-order valence-corrected chi connectivity index (χ1v) is 7.29. The van der Waals surface area contributed by atoms with Gasteiger partial charge in [-0.05, 0) is 35.8 Å². The van der Waals surface area contributed by atoms with Crippen LogP contribution in [0.25, 0.3) is 10.7 Å². The summed E-state index contributed by atoms with van der Waals surface area (Å²) in [5, 5.41) is 5.28. The van der Waals surface area contributed by atoms with Crippen molar-refractivity contribution in [3.63, 3.8) is 0 Å². The van der Waals surface area contributed by atoms with Crippen LogP contribution >= 0.6 is 23.6 Å². The van der Waals surface area contributed by atoms with Crippen molar-refractivity contribution in [3.8, 4) is 10.7 Å². The predicted octanol–water partition coefficient (Wildman–Crippen LogP) is 1.88. The standard InChI is InChI=1S/C13H16N4S2/c1-3-7-16(8-4-2)10-17-13(18)14-12(15-17)11-6-5-9-19-11/h3-6,9H,1-2,7-8,10H2,(H,14,15,18)/p+1. The fourth-order valence-corrected chi connectivity index (χ4v) is 2.70. The van der Waals surface area contributed by atoms with Crippen molar-refractivity contribution in [2.24, 2.45) is 0 Å². The molecule has 6 heteroatoms. The molecule has 2 aromatic heterocycles. The molecule has 0 unspecified atom stereocenters. The second kappa shape index (κ2) is 6.60. The smallest absolute Gasteiger partial charge is 0.221 e. The van der Waals surface area contributed by atoms with Crippen molar-refractivity contribution in [2.75, 3.05) is 13.1 Å². The topological polar surface area (TPSA) is 38.0 Å². The van der Waals surface area contributed by atoms with Crippen LogP contribution in [0.15, 0.2) is 42.8 Å². The summed E-state index contributed by atoms with van der Waals surface area (Å²) in [6.07, 6.45) is 3.80. The highest BCUT2D eigenvalue weighted by Gasteiger charge is 2.10. The lowest BCUT2D eigenvalue weighted by Crippen LogP contribution is -3.11. The van der Waals surface area contributed by atoms with E-state index in [-0.39, 0.29) is 0 Å². The van der Waals surface area contributed by atoms with E-state index >= 15 is 0 Å². The van der Waals surface area contributed by atoms with Crippen molar-refractivity contribution in [1.82, 2.24) is 14.8 Å². The number of nitrogens with zero attached hydrogens (tertiary/aromatic N) is 2. The molecular formula is C13H17N4S2+. The number of quaternary nitrogens is 1. The van der Waals surface area contributed by atoms with Crippen molar-refractivity contribution in [1.29, 1.82) is 0 Å². The Bertz CT molecular complexity index is 584. The maximum absolute atomic E-state index is 5.29. The number of hydrogen-bond acceptors (Lipinski definition) is 3. The van der Waals surface area contributed by atoms with Crippen LogP contribution in [0.3, 0.4) is 0 Å². The van der Waals surface area contributed by atoms with E-state index < -0.39 is 0 Å². The average Bonchev–Trinajstić information content (AvgIpc) is 3.00. The lowest BCUT2D eigenvalue weighted by molar-refractivity contribution is -0.912. The van der Waals surface area contributed by atoms with E-state index in [1.54, 1.807) is 11.3 Å². The number of rotatable bonds is 7. The van der Waals surface area contributed by atoms with Gasteiger partial charge in [0.25, 0.3) is 0 Å². The van der Waals surface area contributed by atoms with Gasteiger partial charge in [0.15, 0.2) is 12.5 Å². The molecule has 2 rings (SSSR count). The molecule has 0 aliphatic rings. The fraction of sp³-hybridized carbons (Fsp3) is 0.231. The molecule has 100 valence electrons. The highest BCUT2D eigenvalue weighted by Crippen LogP contribution is 2.20. The van der Waals surface area contributed by atoms with E-state index in [0.29, 0.717) is 4.77 Å². The van der Waals surface area contributed by atoms with Crippen LogP contribution in [0.5, 0.6) is 0 Å². The third-order valence-corrected chi connectivity index (χ3v) is 3.87. The van der Waals surface area contributed by atoms with Gasteiger partial charge in [-0.2, -0.15) is 4.98 Å². The molecule has 0 amide bonds. The lowest BCUT2D eigenvalue weighted by atomic mass is 10.4. The average molecular weight is 293 g/mol. The van der Waals surface area contributed by atoms with Gasteiger partial charge < -0.3 is 4.90 Å². The van der Waals surface area contributed by atoms with Crippen molar-refractivity contribution >= 4 is 23.6 Å². The summed E-state index contributed by atoms with van der Waals surface area (Å²) in [5.41, 5.74) is 0. The minimum atomic E-state index is 0.578. The lowest BCUT2D eigenvalue weighted by Gasteiger charge is -2.15. The Labute approximate surface area is 121 Å². The molecule has 2 aromatic rings. The van der Waals surface area contributed by atoms with Gasteiger partial charge in [-0.25, -0.2) is 4.68 Å². The van der Waals surface area contributed by atoms with Crippen LogP contribution < -0.4 is 4.90 Å². The monoisotopic (exact) mass is 293 g/mol. The summed E-state index contributed by atoms with van der Waals surface area (Å²) in [4.78, 5) is 6.80.